The van der Waals surface area contributed by atoms with Crippen molar-refractivity contribution in [2.45, 2.75) is 329 Å². The second kappa shape index (κ2) is 68.0. The molecule has 6 nitrogen and oxygen atoms in total. The Bertz CT molecular complexity index is 1020. The Balaban J connectivity index is -0.000000421. The van der Waals surface area contributed by atoms with Crippen LogP contribution in [0, 0.1) is 0 Å². The van der Waals surface area contributed by atoms with Gasteiger partial charge in [-0.05, 0) is 44.1 Å². The number of benzene rings is 1. The minimum Gasteiger partial charge on any atom is -0.550 e. The monoisotopic (exact) mass is 1010 g/mol. The van der Waals surface area contributed by atoms with E-state index in [0.29, 0.717) is 0 Å². The summed E-state index contributed by atoms with van der Waals surface area (Å²) in [6.07, 6.45) is 61.4. The first-order valence-electron chi connectivity index (χ1n) is 29.5. The number of carboxylic acids is 3. The van der Waals surface area contributed by atoms with E-state index >= 15 is 0 Å². The minimum atomic E-state index is -0.903. The number of rotatable bonds is 49. The Kier molecular flexibility index (Phi) is 72.3. The third-order valence-electron chi connectivity index (χ3n) is 13.0. The van der Waals surface area contributed by atoms with E-state index in [1.807, 2.05) is 36.4 Å². The van der Waals surface area contributed by atoms with Gasteiger partial charge < -0.3 is 29.7 Å². The van der Waals surface area contributed by atoms with Crippen LogP contribution >= 0.6 is 0 Å². The summed E-state index contributed by atoms with van der Waals surface area (Å²) < 4.78 is 0. The van der Waals surface area contributed by atoms with Gasteiger partial charge in [0.1, 0.15) is 0 Å². The van der Waals surface area contributed by atoms with Crippen LogP contribution < -0.4 is 15.3 Å². The number of hydrogen-bond donors (Lipinski definition) is 0. The van der Waals surface area contributed by atoms with Gasteiger partial charge in [-0.15, -0.1) is 0 Å². The SMILES string of the molecule is C=Cc1ccccc1.CCCCCCCCCCCCCCCCCC(=O)[O-].CCCCCCCCCCCCCCCCCC(=O)[O-].CCCCCCCCCCCCCCCCCC(=O)[O-].[Fe+3]. The van der Waals surface area contributed by atoms with Crippen molar-refractivity contribution in [2.75, 3.05) is 0 Å². The standard InChI is InChI=1S/3C18H36O2.C8H8.Fe/c3*1-2-3-4-5-6-7-8-9-10-11-12-13-14-15-16-17-18(19)20;1-2-8-6-4-3-5-7-8;/h3*2-17H2,1H3,(H,19,20);2-7H,1H2;/q;;;;+3/p-3. The molecule has 0 saturated heterocycles. The summed E-state index contributed by atoms with van der Waals surface area (Å²) in [5.41, 5.74) is 1.17. The zero-order chi connectivity index (χ0) is 50.5. The fourth-order valence-electron chi connectivity index (χ4n) is 8.51. The predicted molar refractivity (Wildman–Crippen MR) is 290 cm³/mol. The summed E-state index contributed by atoms with van der Waals surface area (Å²) >= 11 is 0. The van der Waals surface area contributed by atoms with E-state index in [4.69, 9.17) is 0 Å². The number of carboxylic acid groups (broad SMARTS) is 3. The van der Waals surface area contributed by atoms with E-state index < -0.39 is 17.9 Å². The van der Waals surface area contributed by atoms with E-state index in [0.717, 1.165) is 38.5 Å². The van der Waals surface area contributed by atoms with Gasteiger partial charge in [-0.1, -0.05) is 333 Å². The fourth-order valence-corrected chi connectivity index (χ4v) is 8.51. The molecule has 0 aliphatic rings. The smallest absolute Gasteiger partial charge is 0.550 e. The molecule has 1 radical (unpaired) electrons. The topological polar surface area (TPSA) is 120 Å². The molecular formula is C62H113FeO6. The van der Waals surface area contributed by atoms with Crippen molar-refractivity contribution in [3.8, 4) is 0 Å². The van der Waals surface area contributed by atoms with Gasteiger partial charge in [0.2, 0.25) is 0 Å². The Hall–Kier alpha value is -2.11. The first-order chi connectivity index (χ1) is 33.2. The molecule has 0 saturated carbocycles. The quantitative estimate of drug-likeness (QED) is 0.0473. The Morgan fingerprint density at radius 3 is 0.609 bits per heavy atom. The van der Waals surface area contributed by atoms with Gasteiger partial charge in [0.05, 0.1) is 0 Å². The average molecular weight is 1010 g/mol. The van der Waals surface area contributed by atoms with Crippen molar-refractivity contribution >= 4 is 24.0 Å². The Morgan fingerprint density at radius 2 is 0.478 bits per heavy atom. The number of aliphatic carboxylic acids is 3. The van der Waals surface area contributed by atoms with E-state index in [1.54, 1.807) is 0 Å². The van der Waals surface area contributed by atoms with Crippen molar-refractivity contribution in [1.82, 2.24) is 0 Å². The van der Waals surface area contributed by atoms with Crippen molar-refractivity contribution in [2.24, 2.45) is 0 Å². The van der Waals surface area contributed by atoms with Gasteiger partial charge in [-0.25, -0.2) is 0 Å². The third kappa shape index (κ3) is 77.6. The molecule has 0 spiro atoms. The zero-order valence-electron chi connectivity index (χ0n) is 45.9. The van der Waals surface area contributed by atoms with Crippen molar-refractivity contribution in [3.05, 3.63) is 42.5 Å². The van der Waals surface area contributed by atoms with Crippen LogP contribution in [0.4, 0.5) is 0 Å². The average Bonchev–Trinajstić information content (AvgIpc) is 3.33. The summed E-state index contributed by atoms with van der Waals surface area (Å²) in [4.78, 5) is 30.7. The number of carbonyl (C=O) groups is 3. The molecular weight excluding hydrogens is 897 g/mol. The first kappa shape index (κ1) is 73.4. The molecule has 0 bridgehead atoms. The molecule has 0 fully saturated rings. The molecule has 0 amide bonds. The van der Waals surface area contributed by atoms with Crippen LogP contribution in [0.5, 0.6) is 0 Å². The zero-order valence-corrected chi connectivity index (χ0v) is 47.0. The van der Waals surface area contributed by atoms with Gasteiger partial charge in [-0.3, -0.25) is 0 Å². The van der Waals surface area contributed by atoms with Crippen molar-refractivity contribution in [1.29, 1.82) is 0 Å². The largest absolute Gasteiger partial charge is 3.00 e. The molecule has 1 rings (SSSR count). The van der Waals surface area contributed by atoms with Crippen LogP contribution in [0.1, 0.15) is 335 Å². The minimum absolute atomic E-state index is 0. The normalized spacial score (nSPS) is 10.4. The van der Waals surface area contributed by atoms with Gasteiger partial charge in [0, 0.05) is 17.9 Å². The molecule has 0 N–H and O–H groups in total. The van der Waals surface area contributed by atoms with E-state index in [-0.39, 0.29) is 36.3 Å². The fraction of sp³-hybridized carbons (Fsp3) is 0.823. The van der Waals surface area contributed by atoms with Crippen LogP contribution in [0.25, 0.3) is 6.08 Å². The van der Waals surface area contributed by atoms with Crippen LogP contribution in [0.15, 0.2) is 36.9 Å². The molecule has 0 unspecified atom stereocenters. The maximum absolute atomic E-state index is 10.2. The van der Waals surface area contributed by atoms with Crippen LogP contribution in [-0.4, -0.2) is 17.9 Å². The molecule has 7 heteroatoms. The molecule has 69 heavy (non-hydrogen) atoms. The van der Waals surface area contributed by atoms with Crippen molar-refractivity contribution in [3.63, 3.8) is 0 Å². The van der Waals surface area contributed by atoms with Gasteiger partial charge >= 0.3 is 17.1 Å². The Labute approximate surface area is 440 Å². The Morgan fingerprint density at radius 1 is 0.319 bits per heavy atom. The number of unbranched alkanes of at least 4 members (excludes halogenated alkanes) is 42. The summed E-state index contributed by atoms with van der Waals surface area (Å²) in [6.45, 7) is 10.4. The van der Waals surface area contributed by atoms with Crippen LogP contribution in [0.3, 0.4) is 0 Å². The second-order valence-corrected chi connectivity index (χ2v) is 19.8. The summed E-state index contributed by atoms with van der Waals surface area (Å²) in [6, 6.07) is 10.0. The van der Waals surface area contributed by atoms with Crippen molar-refractivity contribution < 1.29 is 46.8 Å². The summed E-state index contributed by atoms with van der Waals surface area (Å²) in [7, 11) is 0. The summed E-state index contributed by atoms with van der Waals surface area (Å²) in [5, 5.41) is 30.7. The predicted octanol–water partition coefficient (Wildman–Crippen LogP) is 17.3. The molecule has 405 valence electrons. The molecule has 0 aliphatic carbocycles. The van der Waals surface area contributed by atoms with E-state index in [9.17, 15) is 29.7 Å². The van der Waals surface area contributed by atoms with Crippen LogP contribution in [0.2, 0.25) is 0 Å². The summed E-state index contributed by atoms with van der Waals surface area (Å²) in [5.74, 6) is -2.71. The molecule has 0 aliphatic heterocycles. The number of carbonyl (C=O) groups excluding carboxylic acids is 3. The van der Waals surface area contributed by atoms with E-state index in [2.05, 4.69) is 27.4 Å². The third-order valence-corrected chi connectivity index (χ3v) is 13.0. The first-order valence-corrected chi connectivity index (χ1v) is 29.5. The van der Waals surface area contributed by atoms with E-state index in [1.165, 1.54) is 256 Å². The molecule has 1 aromatic carbocycles. The maximum Gasteiger partial charge on any atom is 3.00 e. The van der Waals surface area contributed by atoms with Gasteiger partial charge in [-0.2, -0.15) is 0 Å². The molecule has 0 heterocycles. The molecule has 0 aromatic heterocycles. The molecule has 1 aromatic rings. The van der Waals surface area contributed by atoms with Crippen LogP contribution in [-0.2, 0) is 31.5 Å². The number of hydrogen-bond acceptors (Lipinski definition) is 6. The van der Waals surface area contributed by atoms with Gasteiger partial charge in [0.15, 0.2) is 0 Å². The second-order valence-electron chi connectivity index (χ2n) is 19.8. The van der Waals surface area contributed by atoms with Gasteiger partial charge in [0.25, 0.3) is 0 Å². The molecule has 0 atom stereocenters. The maximum atomic E-state index is 10.2.